The Morgan fingerprint density at radius 3 is 2.61 bits per heavy atom. The number of thiazole rings is 1. The molecular weight excluding hydrogens is 366 g/mol. The van der Waals surface area contributed by atoms with E-state index in [4.69, 9.17) is 4.98 Å². The molecule has 0 aliphatic carbocycles. The van der Waals surface area contributed by atoms with Crippen LogP contribution in [-0.2, 0) is 4.79 Å². The zero-order valence-corrected chi connectivity index (χ0v) is 17.8. The second-order valence-electron chi connectivity index (χ2n) is 7.92. The van der Waals surface area contributed by atoms with E-state index in [-0.39, 0.29) is 11.8 Å². The third-order valence-corrected chi connectivity index (χ3v) is 6.88. The normalized spacial score (nSPS) is 15.2. The number of benzene rings is 2. The molecule has 1 aliphatic rings. The van der Waals surface area contributed by atoms with Crippen molar-refractivity contribution in [2.24, 2.45) is 5.92 Å². The highest BCUT2D eigenvalue weighted by Crippen LogP contribution is 2.34. The standard InChI is InChI=1S/C23H27N3OS/c1-14-12-16(3)21-20(13-14)28-23(25-21)26-10-8-18(9-11-26)22(27)24-19-7-5-6-15(2)17(19)4/h5-7,12-13,18H,8-11H2,1-4H3,(H,24,27). The molecule has 4 rings (SSSR count). The molecule has 4 nitrogen and oxygen atoms in total. The van der Waals surface area contributed by atoms with Crippen molar-refractivity contribution in [3.05, 3.63) is 52.6 Å². The minimum Gasteiger partial charge on any atom is -0.348 e. The molecule has 1 fully saturated rings. The van der Waals surface area contributed by atoms with Crippen LogP contribution >= 0.6 is 11.3 Å². The number of carbonyl (C=O) groups excluding carboxylic acids is 1. The van der Waals surface area contributed by atoms with Gasteiger partial charge in [0.15, 0.2) is 5.13 Å². The van der Waals surface area contributed by atoms with Crippen molar-refractivity contribution >= 4 is 38.3 Å². The molecule has 0 unspecified atom stereocenters. The van der Waals surface area contributed by atoms with Gasteiger partial charge in [0.05, 0.1) is 10.2 Å². The average Bonchev–Trinajstić information content (AvgIpc) is 3.10. The first kappa shape index (κ1) is 18.9. The smallest absolute Gasteiger partial charge is 0.227 e. The van der Waals surface area contributed by atoms with Crippen LogP contribution in [0.15, 0.2) is 30.3 Å². The van der Waals surface area contributed by atoms with Crippen molar-refractivity contribution in [1.82, 2.24) is 4.98 Å². The van der Waals surface area contributed by atoms with Crippen molar-refractivity contribution in [3.8, 4) is 0 Å². The number of aromatic nitrogens is 1. The highest BCUT2D eigenvalue weighted by Gasteiger charge is 2.27. The monoisotopic (exact) mass is 393 g/mol. The molecule has 5 heteroatoms. The van der Waals surface area contributed by atoms with Gasteiger partial charge in [0, 0.05) is 24.7 Å². The maximum absolute atomic E-state index is 12.8. The predicted molar refractivity (Wildman–Crippen MR) is 119 cm³/mol. The fourth-order valence-electron chi connectivity index (χ4n) is 3.95. The van der Waals surface area contributed by atoms with Gasteiger partial charge in [0.2, 0.25) is 5.91 Å². The Morgan fingerprint density at radius 2 is 1.86 bits per heavy atom. The summed E-state index contributed by atoms with van der Waals surface area (Å²) in [6.07, 6.45) is 1.73. The fourth-order valence-corrected chi connectivity index (χ4v) is 5.14. The number of nitrogens with one attached hydrogen (secondary N) is 1. The van der Waals surface area contributed by atoms with Crippen LogP contribution in [0.25, 0.3) is 10.2 Å². The lowest BCUT2D eigenvalue weighted by Crippen LogP contribution is -2.38. The maximum atomic E-state index is 12.8. The van der Waals surface area contributed by atoms with Crippen LogP contribution < -0.4 is 10.2 Å². The van der Waals surface area contributed by atoms with E-state index in [1.807, 2.05) is 12.1 Å². The quantitative estimate of drug-likeness (QED) is 0.649. The number of piperidine rings is 1. The van der Waals surface area contributed by atoms with Gasteiger partial charge in [0.1, 0.15) is 0 Å². The minimum atomic E-state index is 0.0644. The lowest BCUT2D eigenvalue weighted by Gasteiger charge is -2.31. The van der Waals surface area contributed by atoms with Crippen molar-refractivity contribution in [2.45, 2.75) is 40.5 Å². The van der Waals surface area contributed by atoms with Gasteiger partial charge in [-0.2, -0.15) is 0 Å². The van der Waals surface area contributed by atoms with Crippen LogP contribution in [0.3, 0.4) is 0 Å². The largest absolute Gasteiger partial charge is 0.348 e. The van der Waals surface area contributed by atoms with E-state index in [1.165, 1.54) is 21.4 Å². The van der Waals surface area contributed by atoms with E-state index in [1.54, 1.807) is 11.3 Å². The van der Waals surface area contributed by atoms with Gasteiger partial charge >= 0.3 is 0 Å². The number of aryl methyl sites for hydroxylation is 3. The van der Waals surface area contributed by atoms with E-state index < -0.39 is 0 Å². The summed E-state index contributed by atoms with van der Waals surface area (Å²) < 4.78 is 1.25. The molecule has 1 aromatic heterocycles. The van der Waals surface area contributed by atoms with Gasteiger partial charge in [-0.3, -0.25) is 4.79 Å². The molecule has 2 aromatic carbocycles. The summed E-state index contributed by atoms with van der Waals surface area (Å²) in [7, 11) is 0. The number of hydrogen-bond donors (Lipinski definition) is 1. The van der Waals surface area contributed by atoms with E-state index in [0.717, 1.165) is 47.8 Å². The summed E-state index contributed by atoms with van der Waals surface area (Å²) in [6.45, 7) is 10.1. The van der Waals surface area contributed by atoms with Crippen LogP contribution in [0.5, 0.6) is 0 Å². The summed E-state index contributed by atoms with van der Waals surface area (Å²) in [6, 6.07) is 10.5. The van der Waals surface area contributed by atoms with E-state index in [9.17, 15) is 4.79 Å². The Morgan fingerprint density at radius 1 is 1.11 bits per heavy atom. The molecule has 2 heterocycles. The Bertz CT molecular complexity index is 1030. The van der Waals surface area contributed by atoms with Crippen molar-refractivity contribution in [1.29, 1.82) is 0 Å². The van der Waals surface area contributed by atoms with Gasteiger partial charge in [-0.15, -0.1) is 0 Å². The van der Waals surface area contributed by atoms with Gasteiger partial charge in [-0.05, 0) is 74.9 Å². The lowest BCUT2D eigenvalue weighted by atomic mass is 9.96. The van der Waals surface area contributed by atoms with Crippen LogP contribution in [0.1, 0.15) is 35.1 Å². The second kappa shape index (κ2) is 7.55. The zero-order valence-electron chi connectivity index (χ0n) is 17.0. The summed E-state index contributed by atoms with van der Waals surface area (Å²) in [5, 5.41) is 4.22. The number of anilines is 2. The van der Waals surface area contributed by atoms with Crippen LogP contribution in [0, 0.1) is 33.6 Å². The Labute approximate surface area is 170 Å². The highest BCUT2D eigenvalue weighted by atomic mass is 32.1. The molecule has 1 saturated heterocycles. The Kier molecular flexibility index (Phi) is 5.11. The molecule has 0 spiro atoms. The fraction of sp³-hybridized carbons (Fsp3) is 0.391. The lowest BCUT2D eigenvalue weighted by molar-refractivity contribution is -0.120. The predicted octanol–water partition coefficient (Wildman–Crippen LogP) is 5.39. The molecule has 28 heavy (non-hydrogen) atoms. The summed E-state index contributed by atoms with van der Waals surface area (Å²) >= 11 is 1.76. The molecular formula is C23H27N3OS. The van der Waals surface area contributed by atoms with Gasteiger partial charge in [-0.25, -0.2) is 4.98 Å². The number of rotatable bonds is 3. The first-order valence-electron chi connectivity index (χ1n) is 9.92. The average molecular weight is 394 g/mol. The van der Waals surface area contributed by atoms with Crippen molar-refractivity contribution in [3.63, 3.8) is 0 Å². The highest BCUT2D eigenvalue weighted by molar-refractivity contribution is 7.22. The third-order valence-electron chi connectivity index (χ3n) is 5.82. The molecule has 146 valence electrons. The molecule has 0 radical (unpaired) electrons. The first-order valence-corrected chi connectivity index (χ1v) is 10.7. The number of hydrogen-bond acceptors (Lipinski definition) is 4. The SMILES string of the molecule is Cc1cc(C)c2nc(N3CCC(C(=O)Nc4cccc(C)c4C)CC3)sc2c1. The topological polar surface area (TPSA) is 45.2 Å². The van der Waals surface area contributed by atoms with E-state index in [0.29, 0.717) is 0 Å². The Hall–Kier alpha value is -2.40. The number of amides is 1. The van der Waals surface area contributed by atoms with E-state index in [2.05, 4.69) is 56.1 Å². The van der Waals surface area contributed by atoms with E-state index >= 15 is 0 Å². The molecule has 0 bridgehead atoms. The second-order valence-corrected chi connectivity index (χ2v) is 8.93. The first-order chi connectivity index (χ1) is 13.4. The number of carbonyl (C=O) groups is 1. The van der Waals surface area contributed by atoms with Crippen molar-refractivity contribution in [2.75, 3.05) is 23.3 Å². The summed E-state index contributed by atoms with van der Waals surface area (Å²) in [5.74, 6) is 0.207. The molecule has 1 amide bonds. The van der Waals surface area contributed by atoms with Crippen molar-refractivity contribution < 1.29 is 4.79 Å². The Balaban J connectivity index is 1.42. The maximum Gasteiger partial charge on any atom is 0.227 e. The van der Waals surface area contributed by atoms with Gasteiger partial charge in [0.25, 0.3) is 0 Å². The van der Waals surface area contributed by atoms with Crippen LogP contribution in [-0.4, -0.2) is 24.0 Å². The zero-order chi connectivity index (χ0) is 19.8. The van der Waals surface area contributed by atoms with Gasteiger partial charge in [-0.1, -0.05) is 29.5 Å². The summed E-state index contributed by atoms with van der Waals surface area (Å²) in [5.41, 5.74) is 6.91. The molecule has 1 aliphatic heterocycles. The van der Waals surface area contributed by atoms with Gasteiger partial charge < -0.3 is 10.2 Å². The molecule has 1 N–H and O–H groups in total. The molecule has 3 aromatic rings. The minimum absolute atomic E-state index is 0.0644. The third kappa shape index (κ3) is 3.63. The molecule has 0 saturated carbocycles. The number of nitrogens with zero attached hydrogens (tertiary/aromatic N) is 2. The summed E-state index contributed by atoms with van der Waals surface area (Å²) in [4.78, 5) is 20.0. The number of fused-ring (bicyclic) bond motifs is 1. The van der Waals surface area contributed by atoms with Crippen LogP contribution in [0.4, 0.5) is 10.8 Å². The molecule has 0 atom stereocenters. The van der Waals surface area contributed by atoms with Crippen LogP contribution in [0.2, 0.25) is 0 Å².